The molecule has 0 saturated heterocycles. The van der Waals surface area contributed by atoms with Gasteiger partial charge in [-0.05, 0) is 17.7 Å². The summed E-state index contributed by atoms with van der Waals surface area (Å²) in [5.41, 5.74) is 0.980. The molecule has 0 bridgehead atoms. The van der Waals surface area contributed by atoms with Gasteiger partial charge in [0.1, 0.15) is 6.04 Å². The number of carbonyl (C=O) groups excluding carboxylic acids is 1. The summed E-state index contributed by atoms with van der Waals surface area (Å²) in [5.74, 6) is -1.23. The molecule has 1 aliphatic heterocycles. The Balaban J connectivity index is 2.21. The van der Waals surface area contributed by atoms with Crippen molar-refractivity contribution in [3.05, 3.63) is 59.7 Å². The van der Waals surface area contributed by atoms with Crippen molar-refractivity contribution in [3.8, 4) is 0 Å². The molecule has 2 aromatic rings. The maximum Gasteiger partial charge on any atom is 0.327 e. The monoisotopic (exact) mass is 331 g/mol. The molecule has 7 heteroatoms. The third-order valence-electron chi connectivity index (χ3n) is 3.79. The van der Waals surface area contributed by atoms with Crippen molar-refractivity contribution in [3.63, 3.8) is 0 Å². The van der Waals surface area contributed by atoms with Crippen molar-refractivity contribution in [1.29, 1.82) is 0 Å². The number of carbonyl (C=O) groups is 2. The van der Waals surface area contributed by atoms with Gasteiger partial charge < -0.3 is 5.11 Å². The maximum absolute atomic E-state index is 13.0. The fourth-order valence-electron chi connectivity index (χ4n) is 2.76. The molecule has 1 aliphatic rings. The van der Waals surface area contributed by atoms with Gasteiger partial charge >= 0.3 is 5.97 Å². The standard InChI is InChI=1S/C16H13NO5S/c18-10-12-6-2-4-8-15(12)23(21,22)17-13-7-3-1-5-11(13)9-14(17)16(19)20/h1-8,10,14H,9H2,(H,19,20). The largest absolute Gasteiger partial charge is 0.480 e. The van der Waals surface area contributed by atoms with Gasteiger partial charge in [0.15, 0.2) is 6.29 Å². The van der Waals surface area contributed by atoms with E-state index in [0.29, 0.717) is 17.5 Å². The smallest absolute Gasteiger partial charge is 0.327 e. The first-order chi connectivity index (χ1) is 11.0. The summed E-state index contributed by atoms with van der Waals surface area (Å²) in [5, 5.41) is 9.42. The van der Waals surface area contributed by atoms with Gasteiger partial charge in [-0.25, -0.2) is 13.2 Å². The predicted octanol–water partition coefficient (Wildman–Crippen LogP) is 1.70. The number of carboxylic acid groups (broad SMARTS) is 1. The number of hydrogen-bond donors (Lipinski definition) is 1. The molecule has 2 aromatic carbocycles. The second-order valence-corrected chi connectivity index (χ2v) is 6.93. The molecule has 0 amide bonds. The van der Waals surface area contributed by atoms with Gasteiger partial charge in [-0.2, -0.15) is 0 Å². The molecule has 118 valence electrons. The van der Waals surface area contributed by atoms with Gasteiger partial charge in [0.25, 0.3) is 10.0 Å². The van der Waals surface area contributed by atoms with Crippen LogP contribution in [0.3, 0.4) is 0 Å². The van der Waals surface area contributed by atoms with Crippen LogP contribution in [0.15, 0.2) is 53.4 Å². The first kappa shape index (κ1) is 15.2. The van der Waals surface area contributed by atoms with E-state index in [1.54, 1.807) is 30.3 Å². The normalized spacial score (nSPS) is 16.9. The summed E-state index contributed by atoms with van der Waals surface area (Å²) in [6.45, 7) is 0. The Labute approximate surface area is 133 Å². The van der Waals surface area contributed by atoms with E-state index >= 15 is 0 Å². The zero-order valence-corrected chi connectivity index (χ0v) is 12.7. The molecule has 0 saturated carbocycles. The number of sulfonamides is 1. The summed E-state index contributed by atoms with van der Waals surface area (Å²) >= 11 is 0. The summed E-state index contributed by atoms with van der Waals surface area (Å²) in [6, 6.07) is 11.2. The highest BCUT2D eigenvalue weighted by Crippen LogP contribution is 2.37. The van der Waals surface area contributed by atoms with Crippen molar-refractivity contribution >= 4 is 28.0 Å². The van der Waals surface area contributed by atoms with Crippen LogP contribution in [0.2, 0.25) is 0 Å². The van der Waals surface area contributed by atoms with E-state index in [4.69, 9.17) is 0 Å². The summed E-state index contributed by atoms with van der Waals surface area (Å²) < 4.78 is 26.9. The summed E-state index contributed by atoms with van der Waals surface area (Å²) in [7, 11) is -4.17. The number of para-hydroxylation sites is 1. The number of nitrogens with zero attached hydrogens (tertiary/aromatic N) is 1. The van der Waals surface area contributed by atoms with Crippen LogP contribution in [0, 0.1) is 0 Å². The molecule has 6 nitrogen and oxygen atoms in total. The Bertz CT molecular complexity index is 891. The van der Waals surface area contributed by atoms with Crippen molar-refractivity contribution in [2.75, 3.05) is 4.31 Å². The lowest BCUT2D eigenvalue weighted by Crippen LogP contribution is -2.43. The molecule has 0 radical (unpaired) electrons. The van der Waals surface area contributed by atoms with E-state index in [9.17, 15) is 23.1 Å². The lowest BCUT2D eigenvalue weighted by atomic mass is 10.1. The number of aldehydes is 1. The van der Waals surface area contributed by atoms with Crippen LogP contribution < -0.4 is 4.31 Å². The minimum atomic E-state index is -4.17. The number of benzene rings is 2. The van der Waals surface area contributed by atoms with Crippen LogP contribution in [-0.2, 0) is 21.2 Å². The zero-order chi connectivity index (χ0) is 16.6. The van der Waals surface area contributed by atoms with E-state index in [1.165, 1.54) is 18.2 Å². The number of anilines is 1. The van der Waals surface area contributed by atoms with Crippen LogP contribution >= 0.6 is 0 Å². The van der Waals surface area contributed by atoms with Gasteiger partial charge in [-0.1, -0.05) is 36.4 Å². The fraction of sp³-hybridized carbons (Fsp3) is 0.125. The minimum Gasteiger partial charge on any atom is -0.480 e. The van der Waals surface area contributed by atoms with Crippen LogP contribution in [0.1, 0.15) is 15.9 Å². The van der Waals surface area contributed by atoms with Crippen LogP contribution in [-0.4, -0.2) is 31.8 Å². The molecule has 0 aliphatic carbocycles. The number of carboxylic acids is 1. The first-order valence-corrected chi connectivity index (χ1v) is 8.30. The number of aliphatic carboxylic acids is 1. The predicted molar refractivity (Wildman–Crippen MR) is 83.1 cm³/mol. The van der Waals surface area contributed by atoms with Gasteiger partial charge in [-0.15, -0.1) is 0 Å². The van der Waals surface area contributed by atoms with Gasteiger partial charge in [0, 0.05) is 12.0 Å². The fourth-order valence-corrected chi connectivity index (χ4v) is 4.57. The molecule has 0 aromatic heterocycles. The van der Waals surface area contributed by atoms with Crippen LogP contribution in [0.25, 0.3) is 0 Å². The lowest BCUT2D eigenvalue weighted by Gasteiger charge is -2.24. The summed E-state index contributed by atoms with van der Waals surface area (Å²) in [4.78, 5) is 22.5. The Morgan fingerprint density at radius 2 is 1.78 bits per heavy atom. The molecule has 1 heterocycles. The van der Waals surface area contributed by atoms with Crippen molar-refractivity contribution < 1.29 is 23.1 Å². The topological polar surface area (TPSA) is 91.8 Å². The average Bonchev–Trinajstić information content (AvgIpc) is 2.95. The molecule has 3 rings (SSSR count). The second kappa shape index (κ2) is 5.51. The summed E-state index contributed by atoms with van der Waals surface area (Å²) in [6.07, 6.45) is 0.540. The molecule has 0 fully saturated rings. The second-order valence-electron chi connectivity index (χ2n) is 5.14. The maximum atomic E-state index is 13.0. The number of hydrogen-bond acceptors (Lipinski definition) is 4. The van der Waals surface area contributed by atoms with Gasteiger partial charge in [-0.3, -0.25) is 9.10 Å². The van der Waals surface area contributed by atoms with Crippen LogP contribution in [0.4, 0.5) is 5.69 Å². The Morgan fingerprint density at radius 1 is 1.13 bits per heavy atom. The Morgan fingerprint density at radius 3 is 2.48 bits per heavy atom. The quantitative estimate of drug-likeness (QED) is 0.861. The van der Waals surface area contributed by atoms with E-state index in [-0.39, 0.29) is 16.9 Å². The lowest BCUT2D eigenvalue weighted by molar-refractivity contribution is -0.138. The molecule has 23 heavy (non-hydrogen) atoms. The highest BCUT2D eigenvalue weighted by Gasteiger charge is 2.42. The highest BCUT2D eigenvalue weighted by molar-refractivity contribution is 7.93. The van der Waals surface area contributed by atoms with E-state index < -0.39 is 22.0 Å². The van der Waals surface area contributed by atoms with E-state index in [0.717, 1.165) is 4.31 Å². The van der Waals surface area contributed by atoms with Crippen molar-refractivity contribution in [2.24, 2.45) is 0 Å². The third-order valence-corrected chi connectivity index (χ3v) is 5.69. The third kappa shape index (κ3) is 2.39. The molecule has 1 atom stereocenters. The Kier molecular flexibility index (Phi) is 3.65. The first-order valence-electron chi connectivity index (χ1n) is 6.86. The molecular formula is C16H13NO5S. The van der Waals surface area contributed by atoms with Gasteiger partial charge in [0.05, 0.1) is 10.6 Å². The highest BCUT2D eigenvalue weighted by atomic mass is 32.2. The molecular weight excluding hydrogens is 318 g/mol. The molecule has 0 spiro atoms. The van der Waals surface area contributed by atoms with Crippen molar-refractivity contribution in [1.82, 2.24) is 0 Å². The molecule has 1 N–H and O–H groups in total. The minimum absolute atomic E-state index is 0.000944. The van der Waals surface area contributed by atoms with E-state index in [1.807, 2.05) is 0 Å². The van der Waals surface area contributed by atoms with Gasteiger partial charge in [0.2, 0.25) is 0 Å². The Hall–Kier alpha value is -2.67. The average molecular weight is 331 g/mol. The van der Waals surface area contributed by atoms with E-state index in [2.05, 4.69) is 0 Å². The van der Waals surface area contributed by atoms with Crippen molar-refractivity contribution in [2.45, 2.75) is 17.4 Å². The van der Waals surface area contributed by atoms with Crippen LogP contribution in [0.5, 0.6) is 0 Å². The number of rotatable bonds is 4. The zero-order valence-electron chi connectivity index (χ0n) is 11.9. The SMILES string of the molecule is O=Cc1ccccc1S(=O)(=O)N1c2ccccc2CC1C(=O)O. The molecule has 1 unspecified atom stereocenters. The number of fused-ring (bicyclic) bond motifs is 1.